The van der Waals surface area contributed by atoms with Crippen LogP contribution in [0, 0.1) is 6.92 Å². The van der Waals surface area contributed by atoms with E-state index in [1.165, 1.54) is 0 Å². The molecular formula is C17H23NO2S. The molecule has 2 aromatic rings. The van der Waals surface area contributed by atoms with E-state index >= 15 is 0 Å². The van der Waals surface area contributed by atoms with Gasteiger partial charge in [0.15, 0.2) is 0 Å². The largest absolute Gasteiger partial charge is 0.496 e. The molecule has 0 spiro atoms. The van der Waals surface area contributed by atoms with Crippen molar-refractivity contribution >= 4 is 11.3 Å². The van der Waals surface area contributed by atoms with Gasteiger partial charge in [0.2, 0.25) is 0 Å². The van der Waals surface area contributed by atoms with Crippen molar-refractivity contribution in [2.45, 2.75) is 45.6 Å². The lowest BCUT2D eigenvalue weighted by Gasteiger charge is -2.15. The van der Waals surface area contributed by atoms with Crippen molar-refractivity contribution in [1.82, 2.24) is 4.98 Å². The van der Waals surface area contributed by atoms with Crippen molar-refractivity contribution in [2.24, 2.45) is 0 Å². The highest BCUT2D eigenvalue weighted by atomic mass is 32.1. The van der Waals surface area contributed by atoms with Crippen molar-refractivity contribution < 1.29 is 9.84 Å². The van der Waals surface area contributed by atoms with Gasteiger partial charge < -0.3 is 9.84 Å². The van der Waals surface area contributed by atoms with E-state index in [2.05, 4.69) is 31.1 Å². The minimum absolute atomic E-state index is 0.0429. The molecule has 21 heavy (non-hydrogen) atoms. The number of rotatable bonds is 4. The molecule has 0 fully saturated rings. The minimum Gasteiger partial charge on any atom is -0.496 e. The molecular weight excluding hydrogens is 282 g/mol. The second-order valence-electron chi connectivity index (χ2n) is 6.34. The molecule has 0 bridgehead atoms. The van der Waals surface area contributed by atoms with Crippen LogP contribution < -0.4 is 4.74 Å². The number of hydrogen-bond acceptors (Lipinski definition) is 4. The first-order valence-electron chi connectivity index (χ1n) is 7.08. The van der Waals surface area contributed by atoms with Crippen molar-refractivity contribution in [3.05, 3.63) is 45.4 Å². The SMILES string of the molecule is COc1cc(C)ccc1C(O)Cc1nc(C(C)(C)C)cs1. The summed E-state index contributed by atoms with van der Waals surface area (Å²) in [5.41, 5.74) is 3.05. The van der Waals surface area contributed by atoms with Crippen LogP contribution >= 0.6 is 11.3 Å². The number of aliphatic hydroxyl groups is 1. The van der Waals surface area contributed by atoms with Gasteiger partial charge in [-0.05, 0) is 18.6 Å². The fraction of sp³-hybridized carbons (Fsp3) is 0.471. The van der Waals surface area contributed by atoms with Crippen molar-refractivity contribution in [1.29, 1.82) is 0 Å². The lowest BCUT2D eigenvalue weighted by atomic mass is 9.93. The average molecular weight is 305 g/mol. The number of thiazole rings is 1. The zero-order chi connectivity index (χ0) is 15.6. The minimum atomic E-state index is -0.598. The Bertz CT molecular complexity index is 613. The van der Waals surface area contributed by atoms with E-state index in [9.17, 15) is 5.11 Å². The van der Waals surface area contributed by atoms with Gasteiger partial charge in [0.1, 0.15) is 5.75 Å². The molecule has 1 aromatic heterocycles. The Hall–Kier alpha value is -1.39. The van der Waals surface area contributed by atoms with E-state index in [4.69, 9.17) is 4.74 Å². The summed E-state index contributed by atoms with van der Waals surface area (Å²) >= 11 is 1.60. The second kappa shape index (κ2) is 6.16. The fourth-order valence-electron chi connectivity index (χ4n) is 2.12. The van der Waals surface area contributed by atoms with Gasteiger partial charge in [0, 0.05) is 22.8 Å². The van der Waals surface area contributed by atoms with Crippen molar-refractivity contribution in [3.8, 4) is 5.75 Å². The van der Waals surface area contributed by atoms with Crippen LogP contribution in [0.15, 0.2) is 23.6 Å². The Labute approximate surface area is 130 Å². The molecule has 3 nitrogen and oxygen atoms in total. The molecule has 0 aliphatic carbocycles. The molecule has 0 aliphatic rings. The van der Waals surface area contributed by atoms with Crippen molar-refractivity contribution in [2.75, 3.05) is 7.11 Å². The van der Waals surface area contributed by atoms with Gasteiger partial charge in [0.25, 0.3) is 0 Å². The van der Waals surface area contributed by atoms with Gasteiger partial charge in [-0.15, -0.1) is 11.3 Å². The third kappa shape index (κ3) is 3.83. The highest BCUT2D eigenvalue weighted by Gasteiger charge is 2.20. The first-order chi connectivity index (χ1) is 9.81. The smallest absolute Gasteiger partial charge is 0.124 e. The first-order valence-corrected chi connectivity index (χ1v) is 7.96. The van der Waals surface area contributed by atoms with Crippen LogP contribution in [-0.4, -0.2) is 17.2 Å². The third-order valence-electron chi connectivity index (χ3n) is 3.44. The molecule has 0 radical (unpaired) electrons. The van der Waals surface area contributed by atoms with Gasteiger partial charge in [-0.25, -0.2) is 4.98 Å². The molecule has 1 unspecified atom stereocenters. The Balaban J connectivity index is 2.18. The summed E-state index contributed by atoms with van der Waals surface area (Å²) in [6.07, 6.45) is -0.0836. The maximum Gasteiger partial charge on any atom is 0.124 e. The van der Waals surface area contributed by atoms with E-state index in [1.807, 2.05) is 25.1 Å². The Morgan fingerprint density at radius 1 is 1.33 bits per heavy atom. The molecule has 0 saturated carbocycles. The van der Waals surface area contributed by atoms with Gasteiger partial charge >= 0.3 is 0 Å². The van der Waals surface area contributed by atoms with Gasteiger partial charge in [0.05, 0.1) is 23.9 Å². The molecule has 1 heterocycles. The van der Waals surface area contributed by atoms with Crippen LogP contribution in [0.4, 0.5) is 0 Å². The normalized spacial score (nSPS) is 13.2. The number of aliphatic hydroxyl groups excluding tert-OH is 1. The number of nitrogens with zero attached hydrogens (tertiary/aromatic N) is 1. The number of ether oxygens (including phenoxy) is 1. The zero-order valence-electron chi connectivity index (χ0n) is 13.3. The molecule has 1 N–H and O–H groups in total. The Kier molecular flexibility index (Phi) is 4.69. The summed E-state index contributed by atoms with van der Waals surface area (Å²) in [6.45, 7) is 8.44. The van der Waals surface area contributed by atoms with E-state index in [0.29, 0.717) is 6.42 Å². The fourth-order valence-corrected chi connectivity index (χ4v) is 3.18. The second-order valence-corrected chi connectivity index (χ2v) is 7.28. The van der Waals surface area contributed by atoms with Crippen LogP contribution in [0.25, 0.3) is 0 Å². The van der Waals surface area contributed by atoms with Crippen LogP contribution in [0.1, 0.15) is 48.7 Å². The lowest BCUT2D eigenvalue weighted by Crippen LogP contribution is -2.12. The molecule has 1 aromatic carbocycles. The van der Waals surface area contributed by atoms with Crippen molar-refractivity contribution in [3.63, 3.8) is 0 Å². The Morgan fingerprint density at radius 3 is 2.62 bits per heavy atom. The summed E-state index contributed by atoms with van der Waals surface area (Å²) in [4.78, 5) is 4.64. The summed E-state index contributed by atoms with van der Waals surface area (Å²) in [6, 6.07) is 5.86. The Morgan fingerprint density at radius 2 is 2.05 bits per heavy atom. The highest BCUT2D eigenvalue weighted by Crippen LogP contribution is 2.30. The summed E-state index contributed by atoms with van der Waals surface area (Å²) in [7, 11) is 1.63. The lowest BCUT2D eigenvalue weighted by molar-refractivity contribution is 0.174. The molecule has 0 amide bonds. The molecule has 0 saturated heterocycles. The standard InChI is InChI=1S/C17H23NO2S/c1-11-6-7-12(14(8-11)20-5)13(19)9-16-18-15(10-21-16)17(2,3)4/h6-8,10,13,19H,9H2,1-5H3. The number of aryl methyl sites for hydroxylation is 1. The van der Waals surface area contributed by atoms with E-state index in [-0.39, 0.29) is 5.41 Å². The number of methoxy groups -OCH3 is 1. The quantitative estimate of drug-likeness (QED) is 0.927. The molecule has 0 aliphatic heterocycles. The predicted octanol–water partition coefficient (Wildman–Crippen LogP) is 4.03. The van der Waals surface area contributed by atoms with Crippen LogP contribution in [0.2, 0.25) is 0 Å². The average Bonchev–Trinajstić information content (AvgIpc) is 2.86. The third-order valence-corrected chi connectivity index (χ3v) is 4.31. The highest BCUT2D eigenvalue weighted by molar-refractivity contribution is 7.09. The van der Waals surface area contributed by atoms with E-state index in [1.54, 1.807) is 18.4 Å². The van der Waals surface area contributed by atoms with Crippen LogP contribution in [0.5, 0.6) is 5.75 Å². The number of hydrogen-bond donors (Lipinski definition) is 1. The summed E-state index contributed by atoms with van der Waals surface area (Å²) in [5, 5.41) is 13.5. The van der Waals surface area contributed by atoms with E-state index in [0.717, 1.165) is 27.6 Å². The number of aromatic nitrogens is 1. The van der Waals surface area contributed by atoms with Gasteiger partial charge in [-0.3, -0.25) is 0 Å². The zero-order valence-corrected chi connectivity index (χ0v) is 14.1. The molecule has 4 heteroatoms. The maximum atomic E-state index is 10.5. The van der Waals surface area contributed by atoms with Crippen LogP contribution in [-0.2, 0) is 11.8 Å². The maximum absolute atomic E-state index is 10.5. The van der Waals surface area contributed by atoms with E-state index < -0.39 is 6.10 Å². The molecule has 114 valence electrons. The summed E-state index contributed by atoms with van der Waals surface area (Å²) in [5.74, 6) is 0.732. The van der Waals surface area contributed by atoms with Crippen LogP contribution in [0.3, 0.4) is 0 Å². The summed E-state index contributed by atoms with van der Waals surface area (Å²) < 4.78 is 5.37. The molecule has 2 rings (SSSR count). The first kappa shape index (κ1) is 16.0. The predicted molar refractivity (Wildman–Crippen MR) is 87.2 cm³/mol. The number of benzene rings is 1. The van der Waals surface area contributed by atoms with Gasteiger partial charge in [-0.2, -0.15) is 0 Å². The topological polar surface area (TPSA) is 42.4 Å². The molecule has 1 atom stereocenters. The monoisotopic (exact) mass is 305 g/mol. The van der Waals surface area contributed by atoms with Gasteiger partial charge in [-0.1, -0.05) is 32.9 Å².